The molecule has 0 aliphatic heterocycles. The van der Waals surface area contributed by atoms with Crippen LogP contribution in [0.3, 0.4) is 0 Å². The SMILES string of the molecule is CCc1ccc(CNCc2cccc(C(=O)O)n2)cc1. The van der Waals surface area contributed by atoms with Crippen LogP contribution in [0.25, 0.3) is 0 Å². The fraction of sp³-hybridized carbons (Fsp3) is 0.250. The van der Waals surface area contributed by atoms with E-state index in [9.17, 15) is 4.79 Å². The third-order valence-electron chi connectivity index (χ3n) is 3.09. The Balaban J connectivity index is 1.88. The van der Waals surface area contributed by atoms with Crippen LogP contribution in [-0.4, -0.2) is 16.1 Å². The Morgan fingerprint density at radius 3 is 2.45 bits per heavy atom. The van der Waals surface area contributed by atoms with Gasteiger partial charge in [-0.05, 0) is 29.7 Å². The summed E-state index contributed by atoms with van der Waals surface area (Å²) >= 11 is 0. The largest absolute Gasteiger partial charge is 0.477 e. The zero-order chi connectivity index (χ0) is 14.4. The summed E-state index contributed by atoms with van der Waals surface area (Å²) in [7, 11) is 0. The Kier molecular flexibility index (Phi) is 4.85. The lowest BCUT2D eigenvalue weighted by Gasteiger charge is -2.06. The standard InChI is InChI=1S/C16H18N2O2/c1-2-12-6-8-13(9-7-12)10-17-11-14-4-3-5-15(18-14)16(19)20/h3-9,17H,2,10-11H2,1H3,(H,19,20). The maximum Gasteiger partial charge on any atom is 0.354 e. The van der Waals surface area contributed by atoms with Gasteiger partial charge in [0, 0.05) is 13.1 Å². The molecule has 2 rings (SSSR count). The van der Waals surface area contributed by atoms with Gasteiger partial charge in [-0.1, -0.05) is 37.3 Å². The summed E-state index contributed by atoms with van der Waals surface area (Å²) in [5.74, 6) is -0.998. The van der Waals surface area contributed by atoms with Crippen LogP contribution in [-0.2, 0) is 19.5 Å². The molecule has 0 saturated heterocycles. The molecule has 0 radical (unpaired) electrons. The average Bonchev–Trinajstić information content (AvgIpc) is 2.48. The van der Waals surface area contributed by atoms with Crippen LogP contribution in [0.5, 0.6) is 0 Å². The monoisotopic (exact) mass is 270 g/mol. The summed E-state index contributed by atoms with van der Waals surface area (Å²) < 4.78 is 0. The number of aromatic carboxylic acids is 1. The van der Waals surface area contributed by atoms with Crippen molar-refractivity contribution in [2.45, 2.75) is 26.4 Å². The summed E-state index contributed by atoms with van der Waals surface area (Å²) in [6, 6.07) is 13.5. The maximum absolute atomic E-state index is 10.8. The number of pyridine rings is 1. The summed E-state index contributed by atoms with van der Waals surface area (Å²) in [5.41, 5.74) is 3.34. The van der Waals surface area contributed by atoms with Crippen molar-refractivity contribution in [3.8, 4) is 0 Å². The number of benzene rings is 1. The van der Waals surface area contributed by atoms with Crippen molar-refractivity contribution in [2.75, 3.05) is 0 Å². The second-order valence-corrected chi connectivity index (χ2v) is 4.59. The lowest BCUT2D eigenvalue weighted by Crippen LogP contribution is -2.14. The number of carboxylic acids is 1. The van der Waals surface area contributed by atoms with E-state index in [1.54, 1.807) is 6.07 Å². The number of rotatable bonds is 6. The van der Waals surface area contributed by atoms with Gasteiger partial charge in [0.2, 0.25) is 0 Å². The molecule has 0 aliphatic carbocycles. The molecule has 1 aromatic carbocycles. The third-order valence-corrected chi connectivity index (χ3v) is 3.09. The van der Waals surface area contributed by atoms with E-state index < -0.39 is 5.97 Å². The Bertz CT molecular complexity index is 579. The number of nitrogens with zero attached hydrogens (tertiary/aromatic N) is 1. The van der Waals surface area contributed by atoms with Crippen molar-refractivity contribution in [1.82, 2.24) is 10.3 Å². The van der Waals surface area contributed by atoms with Crippen LogP contribution in [0.15, 0.2) is 42.5 Å². The third kappa shape index (κ3) is 3.90. The minimum atomic E-state index is -0.998. The predicted octanol–water partition coefficient (Wildman–Crippen LogP) is 2.63. The van der Waals surface area contributed by atoms with E-state index in [4.69, 9.17) is 5.11 Å². The lowest BCUT2D eigenvalue weighted by atomic mass is 10.1. The second kappa shape index (κ2) is 6.82. The zero-order valence-electron chi connectivity index (χ0n) is 11.5. The van der Waals surface area contributed by atoms with Crippen molar-refractivity contribution < 1.29 is 9.90 Å². The fourth-order valence-corrected chi connectivity index (χ4v) is 1.92. The van der Waals surface area contributed by atoms with Crippen molar-refractivity contribution in [1.29, 1.82) is 0 Å². The number of hydrogen-bond donors (Lipinski definition) is 2. The van der Waals surface area contributed by atoms with E-state index in [2.05, 4.69) is 41.5 Å². The molecule has 0 unspecified atom stereocenters. The van der Waals surface area contributed by atoms with Gasteiger partial charge < -0.3 is 10.4 Å². The second-order valence-electron chi connectivity index (χ2n) is 4.59. The number of hydrogen-bond acceptors (Lipinski definition) is 3. The van der Waals surface area contributed by atoms with Crippen molar-refractivity contribution in [3.63, 3.8) is 0 Å². The van der Waals surface area contributed by atoms with E-state index in [0.29, 0.717) is 6.54 Å². The molecule has 0 saturated carbocycles. The molecule has 0 aliphatic rings. The molecule has 0 amide bonds. The van der Waals surface area contributed by atoms with Crippen LogP contribution < -0.4 is 5.32 Å². The minimum Gasteiger partial charge on any atom is -0.477 e. The van der Waals surface area contributed by atoms with E-state index in [1.807, 2.05) is 6.07 Å². The molecule has 1 aromatic heterocycles. The predicted molar refractivity (Wildman–Crippen MR) is 77.6 cm³/mol. The topological polar surface area (TPSA) is 62.2 Å². The smallest absolute Gasteiger partial charge is 0.354 e. The molecule has 0 spiro atoms. The lowest BCUT2D eigenvalue weighted by molar-refractivity contribution is 0.0690. The number of carbonyl (C=O) groups is 1. The Morgan fingerprint density at radius 1 is 1.10 bits per heavy atom. The molecule has 2 aromatic rings. The molecule has 104 valence electrons. The Labute approximate surface area is 118 Å². The first-order valence-electron chi connectivity index (χ1n) is 6.67. The van der Waals surface area contributed by atoms with Crippen molar-refractivity contribution in [3.05, 3.63) is 65.0 Å². The number of carboxylic acid groups (broad SMARTS) is 1. The summed E-state index contributed by atoms with van der Waals surface area (Å²) in [5, 5.41) is 12.1. The molecule has 0 fully saturated rings. The first-order valence-corrected chi connectivity index (χ1v) is 6.67. The summed E-state index contributed by atoms with van der Waals surface area (Å²) in [6.07, 6.45) is 1.04. The van der Waals surface area contributed by atoms with Crippen LogP contribution in [0.4, 0.5) is 0 Å². The van der Waals surface area contributed by atoms with Gasteiger partial charge in [-0.3, -0.25) is 0 Å². The Morgan fingerprint density at radius 2 is 1.80 bits per heavy atom. The van der Waals surface area contributed by atoms with Gasteiger partial charge in [0.25, 0.3) is 0 Å². The van der Waals surface area contributed by atoms with Gasteiger partial charge in [0.05, 0.1) is 5.69 Å². The minimum absolute atomic E-state index is 0.0802. The molecular formula is C16H18N2O2. The number of aromatic nitrogens is 1. The summed E-state index contributed by atoms with van der Waals surface area (Å²) in [4.78, 5) is 14.9. The van der Waals surface area contributed by atoms with Gasteiger partial charge in [0.15, 0.2) is 0 Å². The molecule has 0 atom stereocenters. The van der Waals surface area contributed by atoms with E-state index in [1.165, 1.54) is 17.2 Å². The highest BCUT2D eigenvalue weighted by molar-refractivity contribution is 5.85. The van der Waals surface area contributed by atoms with Crippen molar-refractivity contribution >= 4 is 5.97 Å². The summed E-state index contributed by atoms with van der Waals surface area (Å²) in [6.45, 7) is 3.42. The highest BCUT2D eigenvalue weighted by Crippen LogP contribution is 2.05. The van der Waals surface area contributed by atoms with Gasteiger partial charge in [-0.2, -0.15) is 0 Å². The van der Waals surface area contributed by atoms with E-state index in [0.717, 1.165) is 18.7 Å². The van der Waals surface area contributed by atoms with E-state index in [-0.39, 0.29) is 5.69 Å². The quantitative estimate of drug-likeness (QED) is 0.847. The van der Waals surface area contributed by atoms with E-state index >= 15 is 0 Å². The Hall–Kier alpha value is -2.20. The van der Waals surface area contributed by atoms with Gasteiger partial charge in [-0.15, -0.1) is 0 Å². The first-order chi connectivity index (χ1) is 9.69. The van der Waals surface area contributed by atoms with Gasteiger partial charge >= 0.3 is 5.97 Å². The number of nitrogens with one attached hydrogen (secondary N) is 1. The molecule has 20 heavy (non-hydrogen) atoms. The zero-order valence-corrected chi connectivity index (χ0v) is 11.5. The first kappa shape index (κ1) is 14.2. The molecule has 4 heteroatoms. The maximum atomic E-state index is 10.8. The number of aryl methyl sites for hydroxylation is 1. The average molecular weight is 270 g/mol. The molecular weight excluding hydrogens is 252 g/mol. The molecule has 0 bridgehead atoms. The van der Waals surface area contributed by atoms with Crippen LogP contribution >= 0.6 is 0 Å². The van der Waals surface area contributed by atoms with Crippen LogP contribution in [0.1, 0.15) is 34.2 Å². The van der Waals surface area contributed by atoms with Crippen LogP contribution in [0.2, 0.25) is 0 Å². The molecule has 1 heterocycles. The molecule has 4 nitrogen and oxygen atoms in total. The van der Waals surface area contributed by atoms with Crippen LogP contribution in [0, 0.1) is 0 Å². The highest BCUT2D eigenvalue weighted by atomic mass is 16.4. The normalized spacial score (nSPS) is 10.4. The van der Waals surface area contributed by atoms with Gasteiger partial charge in [-0.25, -0.2) is 9.78 Å². The molecule has 2 N–H and O–H groups in total. The fourth-order valence-electron chi connectivity index (χ4n) is 1.92. The van der Waals surface area contributed by atoms with Gasteiger partial charge in [0.1, 0.15) is 5.69 Å². The highest BCUT2D eigenvalue weighted by Gasteiger charge is 2.04. The van der Waals surface area contributed by atoms with Crippen molar-refractivity contribution in [2.24, 2.45) is 0 Å².